The third-order valence-corrected chi connectivity index (χ3v) is 4.99. The summed E-state index contributed by atoms with van der Waals surface area (Å²) in [6.07, 6.45) is 2.37. The van der Waals surface area contributed by atoms with Crippen molar-refractivity contribution in [3.63, 3.8) is 0 Å². The third-order valence-electron chi connectivity index (χ3n) is 4.06. The van der Waals surface area contributed by atoms with Crippen molar-refractivity contribution >= 4 is 15.9 Å². The Morgan fingerprint density at radius 1 is 1.08 bits per heavy atom. The number of nitrogens with two attached hydrogens (primary N) is 1. The van der Waals surface area contributed by atoms with Gasteiger partial charge in [-0.1, -0.05) is 55.8 Å². The zero-order valence-electron chi connectivity index (χ0n) is 14.3. The maximum absolute atomic E-state index is 12.5. The van der Waals surface area contributed by atoms with Crippen molar-refractivity contribution in [1.82, 2.24) is 5.32 Å². The normalized spacial score (nSPS) is 12.6. The van der Waals surface area contributed by atoms with Crippen molar-refractivity contribution in [2.75, 3.05) is 6.54 Å². The van der Waals surface area contributed by atoms with Crippen molar-refractivity contribution in [1.29, 1.82) is 0 Å². The lowest BCUT2D eigenvalue weighted by molar-refractivity contribution is -0.122. The number of nitrogens with one attached hydrogen (secondary N) is 1. The van der Waals surface area contributed by atoms with Gasteiger partial charge in [0.25, 0.3) is 0 Å². The first-order valence-electron chi connectivity index (χ1n) is 8.36. The lowest BCUT2D eigenvalue weighted by atomic mass is 9.93. The molecule has 1 atom stereocenters. The fourth-order valence-corrected chi connectivity index (χ4v) is 3.24. The quantitative estimate of drug-likeness (QED) is 0.758. The number of carbonyl (C=O) groups excluding carboxylic acids is 1. The first-order chi connectivity index (χ1) is 11.9. The number of rotatable bonds is 8. The maximum Gasteiger partial charge on any atom is 0.238 e. The summed E-state index contributed by atoms with van der Waals surface area (Å²) in [4.78, 5) is 12.6. The van der Waals surface area contributed by atoms with Crippen molar-refractivity contribution < 1.29 is 13.2 Å². The highest BCUT2D eigenvalue weighted by Gasteiger charge is 2.18. The molecule has 1 amide bonds. The Bertz CT molecular complexity index is 787. The Labute approximate surface area is 149 Å². The van der Waals surface area contributed by atoms with Crippen LogP contribution in [0.1, 0.15) is 36.8 Å². The van der Waals surface area contributed by atoms with Gasteiger partial charge in [0.05, 0.1) is 10.8 Å². The predicted molar refractivity (Wildman–Crippen MR) is 98.6 cm³/mol. The molecule has 0 spiro atoms. The van der Waals surface area contributed by atoms with Gasteiger partial charge in [-0.2, -0.15) is 0 Å². The summed E-state index contributed by atoms with van der Waals surface area (Å²) in [6, 6.07) is 16.2. The SMILES string of the molecule is CCC[C@H](C(=O)NCCc1ccc(S(N)(=O)=O)cc1)c1ccccc1. The van der Waals surface area contributed by atoms with E-state index in [4.69, 9.17) is 5.14 Å². The predicted octanol–water partition coefficient (Wildman–Crippen LogP) is 2.58. The zero-order valence-corrected chi connectivity index (χ0v) is 15.1. The van der Waals surface area contributed by atoms with Crippen LogP contribution >= 0.6 is 0 Å². The minimum Gasteiger partial charge on any atom is -0.355 e. The van der Waals surface area contributed by atoms with E-state index in [1.165, 1.54) is 12.1 Å². The molecule has 0 saturated carbocycles. The monoisotopic (exact) mass is 360 g/mol. The van der Waals surface area contributed by atoms with Gasteiger partial charge in [-0.15, -0.1) is 0 Å². The van der Waals surface area contributed by atoms with Crippen molar-refractivity contribution in [2.24, 2.45) is 5.14 Å². The van der Waals surface area contributed by atoms with Crippen LogP contribution in [-0.2, 0) is 21.2 Å². The number of hydrogen-bond donors (Lipinski definition) is 2. The summed E-state index contributed by atoms with van der Waals surface area (Å²) < 4.78 is 22.5. The summed E-state index contributed by atoms with van der Waals surface area (Å²) in [5, 5.41) is 8.06. The molecule has 0 saturated heterocycles. The molecule has 5 nitrogen and oxygen atoms in total. The maximum atomic E-state index is 12.5. The van der Waals surface area contributed by atoms with E-state index >= 15 is 0 Å². The summed E-state index contributed by atoms with van der Waals surface area (Å²) >= 11 is 0. The highest BCUT2D eigenvalue weighted by Crippen LogP contribution is 2.21. The van der Waals surface area contributed by atoms with Gasteiger partial charge in [0.2, 0.25) is 15.9 Å². The van der Waals surface area contributed by atoms with Crippen LogP contribution in [0.2, 0.25) is 0 Å². The molecule has 0 aliphatic heterocycles. The number of primary sulfonamides is 1. The van der Waals surface area contributed by atoms with E-state index in [2.05, 4.69) is 12.2 Å². The molecule has 0 fully saturated rings. The molecule has 134 valence electrons. The van der Waals surface area contributed by atoms with Gasteiger partial charge in [0.15, 0.2) is 0 Å². The number of carbonyl (C=O) groups is 1. The number of amides is 1. The minimum absolute atomic E-state index is 0.0224. The van der Waals surface area contributed by atoms with Crippen molar-refractivity contribution in [2.45, 2.75) is 37.0 Å². The van der Waals surface area contributed by atoms with E-state index in [1.807, 2.05) is 30.3 Å². The van der Waals surface area contributed by atoms with Crippen LogP contribution in [0.4, 0.5) is 0 Å². The van der Waals surface area contributed by atoms with Crippen LogP contribution < -0.4 is 10.5 Å². The topological polar surface area (TPSA) is 89.3 Å². The molecule has 0 aromatic heterocycles. The first kappa shape index (κ1) is 19.1. The standard InChI is InChI=1S/C19H24N2O3S/c1-2-6-18(16-7-4-3-5-8-16)19(22)21-14-13-15-9-11-17(12-10-15)25(20,23)24/h3-5,7-12,18H,2,6,13-14H2,1H3,(H,21,22)(H2,20,23,24)/t18-/m0/s1. The van der Waals surface area contributed by atoms with Gasteiger partial charge in [-0.25, -0.2) is 13.6 Å². The van der Waals surface area contributed by atoms with E-state index in [9.17, 15) is 13.2 Å². The molecular weight excluding hydrogens is 336 g/mol. The smallest absolute Gasteiger partial charge is 0.238 e. The molecule has 2 rings (SSSR count). The number of hydrogen-bond acceptors (Lipinski definition) is 3. The van der Waals surface area contributed by atoms with Gasteiger partial charge in [-0.3, -0.25) is 4.79 Å². The van der Waals surface area contributed by atoms with E-state index in [-0.39, 0.29) is 16.7 Å². The first-order valence-corrected chi connectivity index (χ1v) is 9.91. The Morgan fingerprint density at radius 2 is 1.72 bits per heavy atom. The molecule has 2 aromatic carbocycles. The molecule has 0 heterocycles. The Morgan fingerprint density at radius 3 is 2.28 bits per heavy atom. The van der Waals surface area contributed by atoms with Gasteiger partial charge >= 0.3 is 0 Å². The number of sulfonamides is 1. The molecule has 0 aliphatic rings. The summed E-state index contributed by atoms with van der Waals surface area (Å²) in [5.74, 6) is -0.120. The second-order valence-corrected chi connectivity index (χ2v) is 7.54. The van der Waals surface area contributed by atoms with E-state index in [0.717, 1.165) is 24.0 Å². The summed E-state index contributed by atoms with van der Waals surface area (Å²) in [7, 11) is -3.67. The van der Waals surface area contributed by atoms with Crippen molar-refractivity contribution in [3.05, 3.63) is 65.7 Å². The van der Waals surface area contributed by atoms with Crippen LogP contribution in [0.25, 0.3) is 0 Å². The van der Waals surface area contributed by atoms with E-state index in [0.29, 0.717) is 13.0 Å². The molecule has 2 aromatic rings. The third kappa shape index (κ3) is 5.69. The second kappa shape index (κ2) is 8.78. The molecule has 25 heavy (non-hydrogen) atoms. The van der Waals surface area contributed by atoms with Gasteiger partial charge < -0.3 is 5.32 Å². The van der Waals surface area contributed by atoms with Gasteiger partial charge in [-0.05, 0) is 36.1 Å². The van der Waals surface area contributed by atoms with E-state index in [1.54, 1.807) is 12.1 Å². The fourth-order valence-electron chi connectivity index (χ4n) is 2.72. The molecule has 0 aliphatic carbocycles. The Hall–Kier alpha value is -2.18. The van der Waals surface area contributed by atoms with Crippen LogP contribution in [0.5, 0.6) is 0 Å². The lowest BCUT2D eigenvalue weighted by Gasteiger charge is -2.16. The molecule has 0 bridgehead atoms. The fraction of sp³-hybridized carbons (Fsp3) is 0.316. The Balaban J connectivity index is 1.92. The van der Waals surface area contributed by atoms with Crippen molar-refractivity contribution in [3.8, 4) is 0 Å². The average Bonchev–Trinajstić information content (AvgIpc) is 2.60. The highest BCUT2D eigenvalue weighted by atomic mass is 32.2. The molecular formula is C19H24N2O3S. The second-order valence-electron chi connectivity index (χ2n) is 5.98. The zero-order chi connectivity index (χ0) is 18.3. The van der Waals surface area contributed by atoms with Crippen LogP contribution in [0.3, 0.4) is 0 Å². The Kier molecular flexibility index (Phi) is 6.73. The van der Waals surface area contributed by atoms with Crippen LogP contribution in [-0.4, -0.2) is 20.9 Å². The molecule has 3 N–H and O–H groups in total. The van der Waals surface area contributed by atoms with Gasteiger partial charge in [0, 0.05) is 6.54 Å². The van der Waals surface area contributed by atoms with Crippen LogP contribution in [0.15, 0.2) is 59.5 Å². The van der Waals surface area contributed by atoms with Gasteiger partial charge in [0.1, 0.15) is 0 Å². The molecule has 6 heteroatoms. The van der Waals surface area contributed by atoms with Crippen LogP contribution in [0, 0.1) is 0 Å². The average molecular weight is 360 g/mol. The summed E-state index contributed by atoms with van der Waals surface area (Å²) in [6.45, 7) is 2.57. The lowest BCUT2D eigenvalue weighted by Crippen LogP contribution is -2.31. The largest absolute Gasteiger partial charge is 0.355 e. The summed E-state index contributed by atoms with van der Waals surface area (Å²) in [5.41, 5.74) is 1.97. The molecule has 0 radical (unpaired) electrons. The molecule has 0 unspecified atom stereocenters. The minimum atomic E-state index is -3.67. The van der Waals surface area contributed by atoms with E-state index < -0.39 is 10.0 Å². The number of benzene rings is 2. The highest BCUT2D eigenvalue weighted by molar-refractivity contribution is 7.89.